The first-order chi connectivity index (χ1) is 7.66. The summed E-state index contributed by atoms with van der Waals surface area (Å²) in [6.07, 6.45) is 2.66. The van der Waals surface area contributed by atoms with Gasteiger partial charge in [-0.1, -0.05) is 46.3 Å². The SMILES string of the molecule is CC1(C)C(NC(=O)C2(C(N)=S)CCC2)C1(C)C. The predicted molar refractivity (Wildman–Crippen MR) is 72.6 cm³/mol. The third-order valence-electron chi connectivity index (χ3n) is 5.41. The first kappa shape index (κ1) is 12.8. The van der Waals surface area contributed by atoms with Gasteiger partial charge >= 0.3 is 0 Å². The van der Waals surface area contributed by atoms with Crippen LogP contribution in [0.15, 0.2) is 0 Å². The molecule has 0 bridgehead atoms. The predicted octanol–water partition coefficient (Wildman–Crippen LogP) is 1.99. The molecule has 0 aromatic rings. The second-order valence-electron chi connectivity index (χ2n) is 6.65. The van der Waals surface area contributed by atoms with Crippen LogP contribution in [0.4, 0.5) is 0 Å². The molecule has 0 radical (unpaired) electrons. The molecule has 0 heterocycles. The third kappa shape index (κ3) is 1.53. The van der Waals surface area contributed by atoms with Gasteiger partial charge in [-0.15, -0.1) is 0 Å². The van der Waals surface area contributed by atoms with E-state index in [-0.39, 0.29) is 22.8 Å². The Morgan fingerprint density at radius 2 is 1.71 bits per heavy atom. The van der Waals surface area contributed by atoms with Crippen LogP contribution in [0.1, 0.15) is 47.0 Å². The molecule has 3 nitrogen and oxygen atoms in total. The van der Waals surface area contributed by atoms with E-state index in [1.54, 1.807) is 0 Å². The number of rotatable bonds is 3. The molecule has 3 N–H and O–H groups in total. The quantitative estimate of drug-likeness (QED) is 0.757. The van der Waals surface area contributed by atoms with E-state index >= 15 is 0 Å². The average molecular weight is 254 g/mol. The monoisotopic (exact) mass is 254 g/mol. The second kappa shape index (κ2) is 3.44. The van der Waals surface area contributed by atoms with E-state index in [0.29, 0.717) is 4.99 Å². The van der Waals surface area contributed by atoms with E-state index in [0.717, 1.165) is 19.3 Å². The molecule has 96 valence electrons. The van der Waals surface area contributed by atoms with Gasteiger partial charge < -0.3 is 11.1 Å². The molecule has 17 heavy (non-hydrogen) atoms. The normalized spacial score (nSPS) is 28.0. The molecular formula is C13H22N2OS. The Balaban J connectivity index is 2.07. The van der Waals surface area contributed by atoms with E-state index in [9.17, 15) is 4.79 Å². The van der Waals surface area contributed by atoms with Gasteiger partial charge in [0, 0.05) is 6.04 Å². The summed E-state index contributed by atoms with van der Waals surface area (Å²) < 4.78 is 0. The van der Waals surface area contributed by atoms with Crippen LogP contribution >= 0.6 is 12.2 Å². The third-order valence-corrected chi connectivity index (χ3v) is 5.80. The van der Waals surface area contributed by atoms with Gasteiger partial charge in [-0.25, -0.2) is 0 Å². The maximum Gasteiger partial charge on any atom is 0.233 e. The molecule has 1 amide bonds. The summed E-state index contributed by atoms with van der Waals surface area (Å²) in [5.74, 6) is 0.0416. The van der Waals surface area contributed by atoms with Gasteiger partial charge in [0.05, 0.1) is 10.4 Å². The summed E-state index contributed by atoms with van der Waals surface area (Å²) >= 11 is 5.06. The Morgan fingerprint density at radius 1 is 1.24 bits per heavy atom. The maximum atomic E-state index is 12.3. The molecule has 4 heteroatoms. The number of thiocarbonyl (C=S) groups is 1. The molecular weight excluding hydrogens is 232 g/mol. The molecule has 0 aromatic heterocycles. The van der Waals surface area contributed by atoms with Crippen molar-refractivity contribution in [2.75, 3.05) is 0 Å². The molecule has 2 rings (SSSR count). The van der Waals surface area contributed by atoms with Crippen molar-refractivity contribution < 1.29 is 4.79 Å². The topological polar surface area (TPSA) is 55.1 Å². The van der Waals surface area contributed by atoms with Crippen LogP contribution < -0.4 is 11.1 Å². The van der Waals surface area contributed by atoms with Crippen LogP contribution in [-0.2, 0) is 4.79 Å². The fourth-order valence-corrected chi connectivity index (χ4v) is 3.24. The lowest BCUT2D eigenvalue weighted by molar-refractivity contribution is -0.131. The summed E-state index contributed by atoms with van der Waals surface area (Å²) in [7, 11) is 0. The molecule has 2 fully saturated rings. The van der Waals surface area contributed by atoms with Gasteiger partial charge in [0.15, 0.2) is 0 Å². The van der Waals surface area contributed by atoms with Crippen molar-refractivity contribution in [1.82, 2.24) is 5.32 Å². The zero-order chi connectivity index (χ0) is 13.1. The summed E-state index contributed by atoms with van der Waals surface area (Å²) in [5.41, 5.74) is 5.50. The zero-order valence-electron chi connectivity index (χ0n) is 11.1. The molecule has 2 saturated carbocycles. The highest BCUT2D eigenvalue weighted by atomic mass is 32.1. The van der Waals surface area contributed by atoms with E-state index in [2.05, 4.69) is 33.0 Å². The number of hydrogen-bond acceptors (Lipinski definition) is 2. The van der Waals surface area contributed by atoms with Gasteiger partial charge in [-0.3, -0.25) is 4.79 Å². The van der Waals surface area contributed by atoms with Crippen LogP contribution in [0.5, 0.6) is 0 Å². The lowest BCUT2D eigenvalue weighted by Gasteiger charge is -2.39. The number of amides is 1. The lowest BCUT2D eigenvalue weighted by atomic mass is 9.68. The van der Waals surface area contributed by atoms with Crippen molar-refractivity contribution in [2.24, 2.45) is 22.0 Å². The summed E-state index contributed by atoms with van der Waals surface area (Å²) in [6, 6.07) is 0.231. The van der Waals surface area contributed by atoms with E-state index in [4.69, 9.17) is 18.0 Å². The number of carbonyl (C=O) groups excluding carboxylic acids is 1. The fraction of sp³-hybridized carbons (Fsp3) is 0.846. The van der Waals surface area contributed by atoms with Gasteiger partial charge in [0.25, 0.3) is 0 Å². The minimum atomic E-state index is -0.552. The van der Waals surface area contributed by atoms with Crippen molar-refractivity contribution in [3.63, 3.8) is 0 Å². The highest BCUT2D eigenvalue weighted by molar-refractivity contribution is 7.80. The number of hydrogen-bond donors (Lipinski definition) is 2. The average Bonchev–Trinajstić information content (AvgIpc) is 2.45. The fourth-order valence-electron chi connectivity index (χ4n) is 2.94. The number of nitrogens with one attached hydrogen (secondary N) is 1. The van der Waals surface area contributed by atoms with Crippen molar-refractivity contribution >= 4 is 23.1 Å². The van der Waals surface area contributed by atoms with Crippen molar-refractivity contribution in [1.29, 1.82) is 0 Å². The van der Waals surface area contributed by atoms with Crippen LogP contribution in [0.25, 0.3) is 0 Å². The van der Waals surface area contributed by atoms with E-state index in [1.807, 2.05) is 0 Å². The molecule has 2 aliphatic rings. The molecule has 0 aromatic carbocycles. The van der Waals surface area contributed by atoms with Gasteiger partial charge in [0.1, 0.15) is 0 Å². The second-order valence-corrected chi connectivity index (χ2v) is 7.09. The number of carbonyl (C=O) groups is 1. The zero-order valence-corrected chi connectivity index (χ0v) is 11.9. The standard InChI is InChI=1S/C13H22N2OS/c1-11(2)8(12(11,3)4)15-10(16)13(9(14)17)6-5-7-13/h8H,5-7H2,1-4H3,(H2,14,17)(H,15,16). The van der Waals surface area contributed by atoms with Crippen LogP contribution in [0, 0.1) is 16.2 Å². The highest BCUT2D eigenvalue weighted by Gasteiger charge is 2.66. The summed E-state index contributed by atoms with van der Waals surface area (Å²) in [5, 5.41) is 3.15. The van der Waals surface area contributed by atoms with Gasteiger partial charge in [-0.2, -0.15) is 0 Å². The Hall–Kier alpha value is -0.640. The summed E-state index contributed by atoms with van der Waals surface area (Å²) in [4.78, 5) is 12.7. The molecule has 0 saturated heterocycles. The molecule has 0 unspecified atom stereocenters. The maximum absolute atomic E-state index is 12.3. The van der Waals surface area contributed by atoms with Crippen molar-refractivity contribution in [3.05, 3.63) is 0 Å². The number of nitrogens with two attached hydrogens (primary N) is 1. The first-order valence-electron chi connectivity index (χ1n) is 6.27. The molecule has 0 atom stereocenters. The Labute approximate surface area is 109 Å². The Kier molecular flexibility index (Phi) is 2.59. The Bertz CT molecular complexity index is 369. The summed E-state index contributed by atoms with van der Waals surface area (Å²) in [6.45, 7) is 8.75. The minimum absolute atomic E-state index is 0.0416. The van der Waals surface area contributed by atoms with Crippen LogP contribution in [0.3, 0.4) is 0 Å². The lowest BCUT2D eigenvalue weighted by Crippen LogP contribution is -2.54. The smallest absolute Gasteiger partial charge is 0.233 e. The largest absolute Gasteiger partial charge is 0.392 e. The van der Waals surface area contributed by atoms with Gasteiger partial charge in [-0.05, 0) is 23.7 Å². The minimum Gasteiger partial charge on any atom is -0.392 e. The van der Waals surface area contributed by atoms with Crippen LogP contribution in [0.2, 0.25) is 0 Å². The molecule has 0 aliphatic heterocycles. The van der Waals surface area contributed by atoms with Crippen molar-refractivity contribution in [3.8, 4) is 0 Å². The first-order valence-corrected chi connectivity index (χ1v) is 6.68. The van der Waals surface area contributed by atoms with E-state index in [1.165, 1.54) is 0 Å². The van der Waals surface area contributed by atoms with Crippen LogP contribution in [-0.4, -0.2) is 16.9 Å². The molecule has 0 spiro atoms. The Morgan fingerprint density at radius 3 is 1.94 bits per heavy atom. The van der Waals surface area contributed by atoms with Crippen molar-refractivity contribution in [2.45, 2.75) is 53.0 Å². The van der Waals surface area contributed by atoms with E-state index < -0.39 is 5.41 Å². The molecule has 2 aliphatic carbocycles. The van der Waals surface area contributed by atoms with Gasteiger partial charge in [0.2, 0.25) is 5.91 Å². The highest BCUT2D eigenvalue weighted by Crippen LogP contribution is 2.63.